The van der Waals surface area contributed by atoms with E-state index < -0.39 is 0 Å². The number of aliphatic hydroxyl groups excluding tert-OH is 1. The third kappa shape index (κ3) is 2.55. The Labute approximate surface area is 106 Å². The first-order chi connectivity index (χ1) is 8.65. The number of nitrogens with one attached hydrogen (secondary N) is 1. The number of furan rings is 1. The molecule has 1 aromatic heterocycles. The molecule has 1 amide bonds. The minimum absolute atomic E-state index is 0.151. The lowest BCUT2D eigenvalue weighted by molar-refractivity contribution is 0.0953. The van der Waals surface area contributed by atoms with Gasteiger partial charge in [-0.1, -0.05) is 6.92 Å². The van der Waals surface area contributed by atoms with Crippen LogP contribution in [0.4, 0.5) is 0 Å². The number of nitrogen functional groups attached to an aromatic ring is 1. The van der Waals surface area contributed by atoms with E-state index in [2.05, 4.69) is 17.2 Å². The number of carbonyl (C=O) groups excluding carboxylic acids is 1. The van der Waals surface area contributed by atoms with E-state index in [1.807, 2.05) is 0 Å². The second-order valence-corrected chi connectivity index (χ2v) is 4.76. The average Bonchev–Trinajstić information content (AvgIpc) is 2.96. The number of hydrogen-bond donors (Lipinski definition) is 3. The van der Waals surface area contributed by atoms with Crippen LogP contribution < -0.4 is 11.3 Å². The van der Waals surface area contributed by atoms with Crippen molar-refractivity contribution in [3.05, 3.63) is 23.7 Å². The number of likely N-dealkylation sites (tertiary alicyclic amines) is 1. The number of hydrogen-bond acceptors (Lipinski definition) is 5. The van der Waals surface area contributed by atoms with Gasteiger partial charge in [0.2, 0.25) is 0 Å². The van der Waals surface area contributed by atoms with Gasteiger partial charge < -0.3 is 9.52 Å². The van der Waals surface area contributed by atoms with Crippen LogP contribution in [0.3, 0.4) is 0 Å². The highest BCUT2D eigenvalue weighted by molar-refractivity contribution is 5.93. The maximum atomic E-state index is 11.3. The molecule has 2 unspecified atom stereocenters. The summed E-state index contributed by atoms with van der Waals surface area (Å²) in [4.78, 5) is 13.5. The van der Waals surface area contributed by atoms with Gasteiger partial charge in [-0.15, -0.1) is 0 Å². The van der Waals surface area contributed by atoms with E-state index in [9.17, 15) is 9.90 Å². The molecule has 1 fully saturated rings. The first-order valence-electron chi connectivity index (χ1n) is 6.09. The molecule has 0 aliphatic carbocycles. The van der Waals surface area contributed by atoms with Crippen LogP contribution in [-0.4, -0.2) is 35.1 Å². The lowest BCUT2D eigenvalue weighted by Gasteiger charge is -2.23. The van der Waals surface area contributed by atoms with E-state index in [4.69, 9.17) is 10.3 Å². The maximum Gasteiger partial charge on any atom is 0.268 e. The topological polar surface area (TPSA) is 91.7 Å². The Morgan fingerprint density at radius 3 is 3.17 bits per heavy atom. The number of carbonyl (C=O) groups is 1. The van der Waals surface area contributed by atoms with Gasteiger partial charge in [-0.3, -0.25) is 15.1 Å². The van der Waals surface area contributed by atoms with E-state index in [-0.39, 0.29) is 18.6 Å². The van der Waals surface area contributed by atoms with Crippen LogP contribution in [0.2, 0.25) is 0 Å². The summed E-state index contributed by atoms with van der Waals surface area (Å²) < 4.78 is 5.34. The minimum Gasteiger partial charge on any atom is -0.467 e. The van der Waals surface area contributed by atoms with E-state index in [0.717, 1.165) is 13.0 Å². The van der Waals surface area contributed by atoms with Gasteiger partial charge >= 0.3 is 0 Å². The summed E-state index contributed by atoms with van der Waals surface area (Å²) in [6, 6.07) is 1.85. The van der Waals surface area contributed by atoms with E-state index >= 15 is 0 Å². The van der Waals surface area contributed by atoms with Gasteiger partial charge in [0, 0.05) is 6.04 Å². The van der Waals surface area contributed by atoms with E-state index in [0.29, 0.717) is 23.8 Å². The normalized spacial score (nSPS) is 24.4. The largest absolute Gasteiger partial charge is 0.467 e. The van der Waals surface area contributed by atoms with Crippen LogP contribution in [0.1, 0.15) is 29.5 Å². The first-order valence-corrected chi connectivity index (χ1v) is 6.09. The predicted molar refractivity (Wildman–Crippen MR) is 65.4 cm³/mol. The van der Waals surface area contributed by atoms with Crippen LogP contribution in [-0.2, 0) is 6.54 Å². The number of rotatable bonds is 4. The molecule has 2 heterocycles. The predicted octanol–water partition coefficient (Wildman–Crippen LogP) is 0.0858. The summed E-state index contributed by atoms with van der Waals surface area (Å²) in [5.74, 6) is 5.88. The zero-order valence-corrected chi connectivity index (χ0v) is 10.4. The SMILES string of the molecule is CC1CCN(Cc2cc(C(=O)NN)co2)C1CO. The molecule has 1 aliphatic heterocycles. The Hall–Kier alpha value is -1.37. The third-order valence-corrected chi connectivity index (χ3v) is 3.59. The summed E-state index contributed by atoms with van der Waals surface area (Å²) in [5, 5.41) is 9.36. The molecule has 6 nitrogen and oxygen atoms in total. The standard InChI is InChI=1S/C12H19N3O3/c1-8-2-3-15(11(8)6-16)5-10-4-9(7-18-10)12(17)14-13/h4,7-8,11,16H,2-3,5-6,13H2,1H3,(H,14,17). The number of hydrazine groups is 1. The molecule has 18 heavy (non-hydrogen) atoms. The molecule has 1 saturated heterocycles. The molecule has 2 atom stereocenters. The van der Waals surface area contributed by atoms with Crippen LogP contribution in [0.15, 0.2) is 16.7 Å². The third-order valence-electron chi connectivity index (χ3n) is 3.59. The summed E-state index contributed by atoms with van der Waals surface area (Å²) in [6.07, 6.45) is 2.47. The Morgan fingerprint density at radius 2 is 2.50 bits per heavy atom. The average molecular weight is 253 g/mol. The van der Waals surface area contributed by atoms with Crippen LogP contribution in [0.25, 0.3) is 0 Å². The minimum atomic E-state index is -0.363. The van der Waals surface area contributed by atoms with Crippen LogP contribution >= 0.6 is 0 Å². The smallest absolute Gasteiger partial charge is 0.268 e. The fourth-order valence-electron chi connectivity index (χ4n) is 2.45. The van der Waals surface area contributed by atoms with Gasteiger partial charge in [-0.05, 0) is 24.9 Å². The summed E-state index contributed by atoms with van der Waals surface area (Å²) in [7, 11) is 0. The summed E-state index contributed by atoms with van der Waals surface area (Å²) in [6.45, 7) is 3.83. The highest BCUT2D eigenvalue weighted by Gasteiger charge is 2.30. The Kier molecular flexibility index (Phi) is 4.00. The first kappa shape index (κ1) is 13.1. The van der Waals surface area contributed by atoms with Crippen molar-refractivity contribution in [3.8, 4) is 0 Å². The van der Waals surface area contributed by atoms with Crippen molar-refractivity contribution in [2.24, 2.45) is 11.8 Å². The Morgan fingerprint density at radius 1 is 1.72 bits per heavy atom. The van der Waals surface area contributed by atoms with Crippen LogP contribution in [0, 0.1) is 5.92 Å². The lowest BCUT2D eigenvalue weighted by atomic mass is 10.0. The van der Waals surface area contributed by atoms with Crippen molar-refractivity contribution in [1.82, 2.24) is 10.3 Å². The second-order valence-electron chi connectivity index (χ2n) is 4.76. The van der Waals surface area contributed by atoms with Crippen LogP contribution in [0.5, 0.6) is 0 Å². The molecule has 0 aromatic carbocycles. The molecule has 0 spiro atoms. The van der Waals surface area contributed by atoms with Gasteiger partial charge in [0.05, 0.1) is 18.7 Å². The molecule has 0 saturated carbocycles. The molecule has 1 aliphatic rings. The Balaban J connectivity index is 2.01. The van der Waals surface area contributed by atoms with Gasteiger partial charge in [0.1, 0.15) is 12.0 Å². The van der Waals surface area contributed by atoms with Crippen molar-refractivity contribution in [2.45, 2.75) is 25.9 Å². The summed E-state index contributed by atoms with van der Waals surface area (Å²) in [5.41, 5.74) is 2.48. The van der Waals surface area contributed by atoms with Crippen molar-refractivity contribution < 1.29 is 14.3 Å². The van der Waals surface area contributed by atoms with Crippen molar-refractivity contribution in [3.63, 3.8) is 0 Å². The lowest BCUT2D eigenvalue weighted by Crippen LogP contribution is -2.34. The van der Waals surface area contributed by atoms with Gasteiger partial charge in [0.15, 0.2) is 0 Å². The highest BCUT2D eigenvalue weighted by atomic mass is 16.3. The zero-order chi connectivity index (χ0) is 13.1. The molecular weight excluding hydrogens is 234 g/mol. The Bertz CT molecular complexity index is 418. The van der Waals surface area contributed by atoms with Gasteiger partial charge in [-0.25, -0.2) is 5.84 Å². The second kappa shape index (κ2) is 5.51. The number of aliphatic hydroxyl groups is 1. The molecular formula is C12H19N3O3. The molecule has 0 bridgehead atoms. The van der Waals surface area contributed by atoms with Gasteiger partial charge in [-0.2, -0.15) is 0 Å². The summed E-state index contributed by atoms with van der Waals surface area (Å²) >= 11 is 0. The fraction of sp³-hybridized carbons (Fsp3) is 0.583. The molecule has 0 radical (unpaired) electrons. The molecule has 1 aromatic rings. The number of nitrogens with zero attached hydrogens (tertiary/aromatic N) is 1. The van der Waals surface area contributed by atoms with Crippen molar-refractivity contribution in [1.29, 1.82) is 0 Å². The van der Waals surface area contributed by atoms with E-state index in [1.165, 1.54) is 6.26 Å². The fourth-order valence-corrected chi connectivity index (χ4v) is 2.45. The number of amides is 1. The molecule has 6 heteroatoms. The molecule has 4 N–H and O–H groups in total. The molecule has 2 rings (SSSR count). The van der Waals surface area contributed by atoms with Gasteiger partial charge in [0.25, 0.3) is 5.91 Å². The number of nitrogens with two attached hydrogens (primary N) is 1. The quantitative estimate of drug-likeness (QED) is 0.402. The maximum absolute atomic E-state index is 11.3. The molecule has 100 valence electrons. The monoisotopic (exact) mass is 253 g/mol. The van der Waals surface area contributed by atoms with Crippen molar-refractivity contribution in [2.75, 3.05) is 13.2 Å². The van der Waals surface area contributed by atoms with E-state index in [1.54, 1.807) is 6.07 Å². The highest BCUT2D eigenvalue weighted by Crippen LogP contribution is 2.25. The zero-order valence-electron chi connectivity index (χ0n) is 10.4. The van der Waals surface area contributed by atoms with Crippen molar-refractivity contribution >= 4 is 5.91 Å².